The maximum atomic E-state index is 6.65. The molecular formula is C28H23NO2P. The highest BCUT2D eigenvalue weighted by atomic mass is 31.1. The molecular weight excluding hydrogens is 413 g/mol. The molecule has 157 valence electrons. The van der Waals surface area contributed by atoms with Crippen LogP contribution in [0.1, 0.15) is 6.92 Å². The average molecular weight is 436 g/mol. The normalized spacial score (nSPS) is 16.0. The predicted molar refractivity (Wildman–Crippen MR) is 135 cm³/mol. The highest BCUT2D eigenvalue weighted by Gasteiger charge is 2.29. The molecule has 6 rings (SSSR count). The zero-order chi connectivity index (χ0) is 21.7. The Morgan fingerprint density at radius 1 is 0.688 bits per heavy atom. The van der Waals surface area contributed by atoms with Gasteiger partial charge in [0.2, 0.25) is 0 Å². The van der Waals surface area contributed by atoms with Crippen molar-refractivity contribution in [2.24, 2.45) is 0 Å². The van der Waals surface area contributed by atoms with Gasteiger partial charge in [0, 0.05) is 29.8 Å². The Bertz CT molecular complexity index is 1380. The molecule has 0 saturated heterocycles. The van der Waals surface area contributed by atoms with Crippen molar-refractivity contribution in [2.75, 3.05) is 11.7 Å². The Hall–Kier alpha value is -2.74. The first kappa shape index (κ1) is 19.9. The van der Waals surface area contributed by atoms with Gasteiger partial charge < -0.3 is 8.39 Å². The topological polar surface area (TPSA) is 29.5 Å². The maximum Gasteiger partial charge on any atom is 0.309 e. The minimum absolute atomic E-state index is 0.169. The number of fused-ring (bicyclic) bond motifs is 7. The van der Waals surface area contributed by atoms with E-state index in [4.69, 9.17) is 8.39 Å². The van der Waals surface area contributed by atoms with Crippen LogP contribution in [0.4, 0.5) is 0 Å². The summed E-state index contributed by atoms with van der Waals surface area (Å²) in [5, 5.41) is 6.95. The van der Waals surface area contributed by atoms with E-state index in [1.807, 2.05) is 0 Å². The Morgan fingerprint density at radius 2 is 1.19 bits per heavy atom. The minimum Gasteiger partial charge on any atom is -0.408 e. The molecule has 5 radical (unpaired) electrons. The van der Waals surface area contributed by atoms with Crippen LogP contribution in [0.2, 0.25) is 0 Å². The fraction of sp³-hybridized carbons (Fsp3) is 0.107. The van der Waals surface area contributed by atoms with Crippen molar-refractivity contribution in [1.82, 2.24) is 0 Å². The number of rotatable bonds is 3. The van der Waals surface area contributed by atoms with Crippen molar-refractivity contribution < 1.29 is 8.39 Å². The largest absolute Gasteiger partial charge is 0.408 e. The first-order valence-electron chi connectivity index (χ1n) is 10.8. The lowest BCUT2D eigenvalue weighted by Gasteiger charge is -2.25. The van der Waals surface area contributed by atoms with Gasteiger partial charge in [-0.05, 0) is 66.3 Å². The lowest BCUT2D eigenvalue weighted by Crippen LogP contribution is -2.31. The first-order chi connectivity index (χ1) is 15.7. The SMILES string of the molecule is C[C@H]([C]1[CH][CH][CH][CH]1)N(C)p1oc2ccc3ccccc3c2c2c(ccc3ccccc32)o1. The van der Waals surface area contributed by atoms with Crippen molar-refractivity contribution in [3.8, 4) is 0 Å². The molecule has 4 heteroatoms. The molecule has 1 saturated carbocycles. The van der Waals surface area contributed by atoms with Crippen LogP contribution in [-0.4, -0.2) is 13.1 Å². The van der Waals surface area contributed by atoms with Gasteiger partial charge in [0.25, 0.3) is 0 Å². The van der Waals surface area contributed by atoms with Gasteiger partial charge in [0.1, 0.15) is 11.2 Å². The molecule has 0 N–H and O–H groups in total. The van der Waals surface area contributed by atoms with Gasteiger partial charge >= 0.3 is 8.16 Å². The molecule has 4 aromatic carbocycles. The number of hydrogen-bond donors (Lipinski definition) is 0. The molecule has 3 nitrogen and oxygen atoms in total. The van der Waals surface area contributed by atoms with E-state index >= 15 is 0 Å². The number of hydrogen-bond acceptors (Lipinski definition) is 3. The van der Waals surface area contributed by atoms with Crippen molar-refractivity contribution in [1.29, 1.82) is 0 Å². The van der Waals surface area contributed by atoms with Crippen LogP contribution < -0.4 is 4.67 Å². The quantitative estimate of drug-likeness (QED) is 0.287. The van der Waals surface area contributed by atoms with Crippen LogP contribution in [0, 0.1) is 31.6 Å². The van der Waals surface area contributed by atoms with Gasteiger partial charge in [0.15, 0.2) is 0 Å². The van der Waals surface area contributed by atoms with Gasteiger partial charge in [-0.3, -0.25) is 0 Å². The summed E-state index contributed by atoms with van der Waals surface area (Å²) in [6.07, 6.45) is 8.45. The standard InChI is InChI=1S/C28H23NO2P/c1-19(20-9-3-4-10-20)29(2)32-30-25-17-15-21-11-5-7-13-23(21)27(25)28-24-14-8-6-12-22(24)16-18-26(28)31-32/h3-19H,1-2H3/t19-/m1/s1. The predicted octanol–water partition coefficient (Wildman–Crippen LogP) is 7.96. The number of nitrogens with zero attached hydrogens (tertiary/aromatic N) is 1. The van der Waals surface area contributed by atoms with Crippen molar-refractivity contribution in [3.63, 3.8) is 0 Å². The lowest BCUT2D eigenvalue weighted by molar-refractivity contribution is 0.613. The lowest BCUT2D eigenvalue weighted by atomic mass is 9.99. The third-order valence-electron chi connectivity index (χ3n) is 6.37. The van der Waals surface area contributed by atoms with Crippen LogP contribution in [0.15, 0.2) is 81.2 Å². The maximum absolute atomic E-state index is 6.65. The Balaban J connectivity index is 1.72. The third-order valence-corrected chi connectivity index (χ3v) is 7.94. The second kappa shape index (κ2) is 7.99. The van der Waals surface area contributed by atoms with Gasteiger partial charge in [-0.1, -0.05) is 60.7 Å². The molecule has 1 heterocycles. The van der Waals surface area contributed by atoms with E-state index < -0.39 is 8.16 Å². The fourth-order valence-electron chi connectivity index (χ4n) is 4.51. The molecule has 0 unspecified atom stereocenters. The summed E-state index contributed by atoms with van der Waals surface area (Å²) in [5.74, 6) is 1.25. The highest BCUT2D eigenvalue weighted by molar-refractivity contribution is 7.39. The van der Waals surface area contributed by atoms with Crippen LogP contribution >= 0.6 is 8.16 Å². The van der Waals surface area contributed by atoms with E-state index in [2.05, 4.69) is 117 Å². The summed E-state index contributed by atoms with van der Waals surface area (Å²) in [5.41, 5.74) is 1.73. The Morgan fingerprint density at radius 3 is 1.72 bits per heavy atom. The molecule has 1 aliphatic carbocycles. The Labute approximate surface area is 189 Å². The van der Waals surface area contributed by atoms with Gasteiger partial charge in [-0.2, -0.15) is 0 Å². The fourth-order valence-corrected chi connectivity index (χ4v) is 5.86. The van der Waals surface area contributed by atoms with Crippen molar-refractivity contribution >= 4 is 51.6 Å². The summed E-state index contributed by atoms with van der Waals surface area (Å²) in [4.78, 5) is 0. The summed E-state index contributed by atoms with van der Waals surface area (Å²) < 4.78 is 15.5. The van der Waals surface area contributed by atoms with Crippen LogP contribution in [-0.2, 0) is 0 Å². The number of benzene rings is 4. The smallest absolute Gasteiger partial charge is 0.309 e. The average Bonchev–Trinajstić information content (AvgIpc) is 3.31. The monoisotopic (exact) mass is 436 g/mol. The summed E-state index contributed by atoms with van der Waals surface area (Å²) in [6, 6.07) is 25.6. The van der Waals surface area contributed by atoms with Crippen molar-refractivity contribution in [2.45, 2.75) is 13.0 Å². The minimum atomic E-state index is -1.35. The Kier molecular flexibility index (Phi) is 4.97. The van der Waals surface area contributed by atoms with Crippen LogP contribution in [0.5, 0.6) is 0 Å². The molecule has 0 bridgehead atoms. The summed E-state index contributed by atoms with van der Waals surface area (Å²) in [7, 11) is 0.725. The van der Waals surface area contributed by atoms with E-state index in [-0.39, 0.29) is 6.04 Å². The van der Waals surface area contributed by atoms with E-state index in [0.717, 1.165) is 21.9 Å². The molecule has 0 spiro atoms. The molecule has 1 aliphatic rings. The molecule has 5 aromatic rings. The van der Waals surface area contributed by atoms with Crippen LogP contribution in [0.25, 0.3) is 43.5 Å². The zero-order valence-electron chi connectivity index (χ0n) is 18.0. The van der Waals surface area contributed by atoms with E-state index in [0.29, 0.717) is 0 Å². The van der Waals surface area contributed by atoms with Gasteiger partial charge in [-0.25, -0.2) is 4.67 Å². The summed E-state index contributed by atoms with van der Waals surface area (Å²) in [6.45, 7) is 2.19. The highest BCUT2D eigenvalue weighted by Crippen LogP contribution is 2.43. The van der Waals surface area contributed by atoms with Gasteiger partial charge in [0.05, 0.1) is 0 Å². The molecule has 0 amide bonds. The van der Waals surface area contributed by atoms with Crippen molar-refractivity contribution in [3.05, 3.63) is 104 Å². The second-order valence-electron chi connectivity index (χ2n) is 8.21. The molecule has 1 aromatic heterocycles. The molecule has 1 fully saturated rings. The van der Waals surface area contributed by atoms with E-state index in [1.165, 1.54) is 27.5 Å². The zero-order valence-corrected chi connectivity index (χ0v) is 18.9. The first-order valence-corrected chi connectivity index (χ1v) is 12.0. The van der Waals surface area contributed by atoms with Crippen LogP contribution in [0.3, 0.4) is 0 Å². The third kappa shape index (κ3) is 3.23. The van der Waals surface area contributed by atoms with E-state index in [1.54, 1.807) is 0 Å². The second-order valence-corrected chi connectivity index (χ2v) is 9.68. The van der Waals surface area contributed by atoms with E-state index in [9.17, 15) is 0 Å². The summed E-state index contributed by atoms with van der Waals surface area (Å²) >= 11 is 0. The molecule has 1 atom stereocenters. The molecule has 0 aliphatic heterocycles. The van der Waals surface area contributed by atoms with Gasteiger partial charge in [-0.15, -0.1) is 0 Å². The molecule has 32 heavy (non-hydrogen) atoms.